The average Bonchev–Trinajstić information content (AvgIpc) is 3.07. The topological polar surface area (TPSA) is 64.8 Å². The van der Waals surface area contributed by atoms with Gasteiger partial charge in [0, 0.05) is 12.6 Å². The van der Waals surface area contributed by atoms with Gasteiger partial charge in [0.2, 0.25) is 5.89 Å². The number of benzene rings is 1. The Morgan fingerprint density at radius 3 is 2.88 bits per heavy atom. The van der Waals surface area contributed by atoms with Crippen molar-refractivity contribution in [1.29, 1.82) is 0 Å². The van der Waals surface area contributed by atoms with Crippen LogP contribution < -0.4 is 0 Å². The van der Waals surface area contributed by atoms with E-state index in [9.17, 15) is 4.79 Å². The summed E-state index contributed by atoms with van der Waals surface area (Å²) in [7, 11) is 1.73. The van der Waals surface area contributed by atoms with E-state index >= 15 is 0 Å². The van der Waals surface area contributed by atoms with Crippen molar-refractivity contribution in [2.45, 2.75) is 38.9 Å². The van der Waals surface area contributed by atoms with Crippen LogP contribution in [0.5, 0.6) is 0 Å². The van der Waals surface area contributed by atoms with Gasteiger partial charge in [0.1, 0.15) is 18.0 Å². The van der Waals surface area contributed by atoms with Crippen LogP contribution in [0.15, 0.2) is 35.1 Å². The summed E-state index contributed by atoms with van der Waals surface area (Å²) in [5.41, 5.74) is 2.70. The third-order valence-electron chi connectivity index (χ3n) is 4.04. The molecular weight excluding hydrogens is 320 g/mol. The minimum Gasteiger partial charge on any atom is -0.445 e. The first-order valence-electron chi connectivity index (χ1n) is 8.42. The maximum atomic E-state index is 12.2. The number of hydrogen-bond acceptors (Lipinski definition) is 5. The van der Waals surface area contributed by atoms with Crippen molar-refractivity contribution in [3.8, 4) is 11.5 Å². The number of rotatable bonds is 3. The number of fused-ring (bicyclic) bond motifs is 1. The van der Waals surface area contributed by atoms with E-state index in [0.717, 1.165) is 17.5 Å². The molecule has 0 aliphatic carbocycles. The minimum atomic E-state index is -0.519. The molecule has 0 saturated heterocycles. The Kier molecular flexibility index (Phi) is 4.81. The summed E-state index contributed by atoms with van der Waals surface area (Å²) < 4.78 is 16.8. The molecule has 2 heterocycles. The smallest absolute Gasteiger partial charge is 0.410 e. The van der Waals surface area contributed by atoms with E-state index in [-0.39, 0.29) is 12.2 Å². The molecule has 0 radical (unpaired) electrons. The molecule has 1 aliphatic rings. The number of oxazole rings is 1. The molecule has 0 fully saturated rings. The van der Waals surface area contributed by atoms with Gasteiger partial charge in [-0.1, -0.05) is 12.1 Å². The lowest BCUT2D eigenvalue weighted by atomic mass is 9.92. The lowest BCUT2D eigenvalue weighted by molar-refractivity contribution is -0.00159. The highest BCUT2D eigenvalue weighted by atomic mass is 16.6. The van der Waals surface area contributed by atoms with Crippen LogP contribution in [0, 0.1) is 0 Å². The fraction of sp³-hybridized carbons (Fsp3) is 0.474. The lowest BCUT2D eigenvalue weighted by Gasteiger charge is -2.31. The number of likely N-dealkylation sites (N-methyl/N-ethyl adjacent to an activating group) is 1. The average molecular weight is 344 g/mol. The molecule has 3 rings (SSSR count). The van der Waals surface area contributed by atoms with E-state index in [1.165, 1.54) is 5.56 Å². The SMILES string of the molecule is CN(CC1OCCc2c(-c3ncco3)cccc21)C(=O)OC(C)(C)C. The third-order valence-corrected chi connectivity index (χ3v) is 4.04. The van der Waals surface area contributed by atoms with Crippen molar-refractivity contribution < 1.29 is 18.7 Å². The van der Waals surface area contributed by atoms with Crippen molar-refractivity contribution in [3.05, 3.63) is 41.8 Å². The summed E-state index contributed by atoms with van der Waals surface area (Å²) in [6.07, 6.45) is 3.45. The second kappa shape index (κ2) is 6.88. The summed E-state index contributed by atoms with van der Waals surface area (Å²) in [5, 5.41) is 0. The summed E-state index contributed by atoms with van der Waals surface area (Å²) in [6.45, 7) is 6.59. The van der Waals surface area contributed by atoms with Crippen molar-refractivity contribution in [3.63, 3.8) is 0 Å². The number of ether oxygens (including phenoxy) is 2. The molecule has 0 spiro atoms. The molecule has 6 nitrogen and oxygen atoms in total. The fourth-order valence-electron chi connectivity index (χ4n) is 2.95. The normalized spacial score (nSPS) is 17.0. The van der Waals surface area contributed by atoms with Gasteiger partial charge in [-0.05, 0) is 44.4 Å². The molecule has 25 heavy (non-hydrogen) atoms. The zero-order chi connectivity index (χ0) is 18.0. The Balaban J connectivity index is 1.80. The molecule has 1 amide bonds. The van der Waals surface area contributed by atoms with E-state index in [1.54, 1.807) is 24.4 Å². The maximum Gasteiger partial charge on any atom is 0.410 e. The van der Waals surface area contributed by atoms with E-state index < -0.39 is 5.60 Å². The molecule has 1 aromatic heterocycles. The molecule has 0 saturated carbocycles. The first-order chi connectivity index (χ1) is 11.8. The van der Waals surface area contributed by atoms with Gasteiger partial charge < -0.3 is 18.8 Å². The van der Waals surface area contributed by atoms with Crippen molar-refractivity contribution in [2.24, 2.45) is 0 Å². The molecule has 1 aliphatic heterocycles. The zero-order valence-electron chi connectivity index (χ0n) is 15.1. The Bertz CT molecular complexity index is 734. The Labute approximate surface area is 147 Å². The van der Waals surface area contributed by atoms with Crippen LogP contribution in [0.25, 0.3) is 11.5 Å². The largest absolute Gasteiger partial charge is 0.445 e. The second-order valence-electron chi connectivity index (χ2n) is 7.18. The molecule has 1 unspecified atom stereocenters. The summed E-state index contributed by atoms with van der Waals surface area (Å²) >= 11 is 0. The van der Waals surface area contributed by atoms with Crippen LogP contribution in [-0.4, -0.2) is 41.8 Å². The number of aromatic nitrogens is 1. The minimum absolute atomic E-state index is 0.198. The van der Waals surface area contributed by atoms with Gasteiger partial charge in [-0.3, -0.25) is 0 Å². The van der Waals surface area contributed by atoms with Gasteiger partial charge in [0.25, 0.3) is 0 Å². The van der Waals surface area contributed by atoms with Gasteiger partial charge in [-0.15, -0.1) is 0 Å². The molecular formula is C19H24N2O4. The highest BCUT2D eigenvalue weighted by Gasteiger charge is 2.28. The predicted molar refractivity (Wildman–Crippen MR) is 93.2 cm³/mol. The van der Waals surface area contributed by atoms with Crippen LogP contribution in [0.4, 0.5) is 4.79 Å². The number of carbonyl (C=O) groups excluding carboxylic acids is 1. The Morgan fingerprint density at radius 2 is 2.20 bits per heavy atom. The molecule has 0 bridgehead atoms. The number of hydrogen-bond donors (Lipinski definition) is 0. The standard InChI is InChI=1S/C19H24N2O4/c1-19(2,3)25-18(22)21(4)12-16-14-6-5-7-15(13(14)8-10-23-16)17-20-9-11-24-17/h5-7,9,11,16H,8,10,12H2,1-4H3. The van der Waals surface area contributed by atoms with Crippen molar-refractivity contribution >= 4 is 6.09 Å². The van der Waals surface area contributed by atoms with Crippen LogP contribution in [-0.2, 0) is 15.9 Å². The monoisotopic (exact) mass is 344 g/mol. The van der Waals surface area contributed by atoms with Crippen LogP contribution >= 0.6 is 0 Å². The molecule has 1 atom stereocenters. The maximum absolute atomic E-state index is 12.2. The van der Waals surface area contributed by atoms with Crippen LogP contribution in [0.2, 0.25) is 0 Å². The Hall–Kier alpha value is -2.34. The highest BCUT2D eigenvalue weighted by molar-refractivity contribution is 5.68. The van der Waals surface area contributed by atoms with Crippen molar-refractivity contribution in [2.75, 3.05) is 20.2 Å². The van der Waals surface area contributed by atoms with Gasteiger partial charge in [-0.2, -0.15) is 0 Å². The van der Waals surface area contributed by atoms with E-state index in [2.05, 4.69) is 4.98 Å². The zero-order valence-corrected chi connectivity index (χ0v) is 15.1. The second-order valence-corrected chi connectivity index (χ2v) is 7.18. The van der Waals surface area contributed by atoms with Gasteiger partial charge in [0.15, 0.2) is 0 Å². The number of amides is 1. The highest BCUT2D eigenvalue weighted by Crippen LogP contribution is 2.34. The number of carbonyl (C=O) groups is 1. The molecule has 0 N–H and O–H groups in total. The first-order valence-corrected chi connectivity index (χ1v) is 8.42. The third kappa shape index (κ3) is 4.02. The summed E-state index contributed by atoms with van der Waals surface area (Å²) in [5.74, 6) is 0.609. The molecule has 1 aromatic carbocycles. The number of nitrogens with zero attached hydrogens (tertiary/aromatic N) is 2. The first kappa shape index (κ1) is 17.5. The molecule has 6 heteroatoms. The summed E-state index contributed by atoms with van der Waals surface area (Å²) in [4.78, 5) is 18.0. The van der Waals surface area contributed by atoms with E-state index in [1.807, 2.05) is 39.0 Å². The van der Waals surface area contributed by atoms with Gasteiger partial charge in [-0.25, -0.2) is 9.78 Å². The van der Waals surface area contributed by atoms with Crippen LogP contribution in [0.1, 0.15) is 38.0 Å². The summed E-state index contributed by atoms with van der Waals surface area (Å²) in [6, 6.07) is 6.01. The van der Waals surface area contributed by atoms with E-state index in [4.69, 9.17) is 13.9 Å². The van der Waals surface area contributed by atoms with Gasteiger partial charge in [0.05, 0.1) is 19.3 Å². The van der Waals surface area contributed by atoms with E-state index in [0.29, 0.717) is 19.0 Å². The quantitative estimate of drug-likeness (QED) is 0.847. The Morgan fingerprint density at radius 1 is 1.40 bits per heavy atom. The van der Waals surface area contributed by atoms with Crippen molar-refractivity contribution in [1.82, 2.24) is 9.88 Å². The predicted octanol–water partition coefficient (Wildman–Crippen LogP) is 3.82. The molecule has 134 valence electrons. The fourth-order valence-corrected chi connectivity index (χ4v) is 2.95. The lowest BCUT2D eigenvalue weighted by Crippen LogP contribution is -2.38. The molecule has 2 aromatic rings. The van der Waals surface area contributed by atoms with Gasteiger partial charge >= 0.3 is 6.09 Å². The van der Waals surface area contributed by atoms with Crippen LogP contribution in [0.3, 0.4) is 0 Å².